The van der Waals surface area contributed by atoms with Crippen LogP contribution < -0.4 is 4.90 Å². The van der Waals surface area contributed by atoms with Gasteiger partial charge in [-0.05, 0) is 26.7 Å². The molecular formula is C18H25N5O3. The van der Waals surface area contributed by atoms with Crippen molar-refractivity contribution >= 4 is 11.7 Å². The molecule has 0 saturated carbocycles. The Kier molecular flexibility index (Phi) is 5.22. The Balaban J connectivity index is 1.54. The first kappa shape index (κ1) is 18.3. The molecule has 2 aromatic heterocycles. The van der Waals surface area contributed by atoms with E-state index in [-0.39, 0.29) is 5.91 Å². The van der Waals surface area contributed by atoms with E-state index in [0.717, 1.165) is 22.8 Å². The van der Waals surface area contributed by atoms with Crippen molar-refractivity contribution in [2.75, 3.05) is 31.6 Å². The smallest absolute Gasteiger partial charge is 0.222 e. The topological polar surface area (TPSA) is 95.6 Å². The Labute approximate surface area is 152 Å². The summed E-state index contributed by atoms with van der Waals surface area (Å²) < 4.78 is 5.13. The van der Waals surface area contributed by atoms with Gasteiger partial charge in [-0.25, -0.2) is 4.98 Å². The molecule has 0 unspecified atom stereocenters. The maximum atomic E-state index is 12.5. The van der Waals surface area contributed by atoms with Crippen LogP contribution in [0.4, 0.5) is 5.82 Å². The molecule has 3 rings (SSSR count). The van der Waals surface area contributed by atoms with Crippen LogP contribution in [0.25, 0.3) is 0 Å². The van der Waals surface area contributed by atoms with Crippen LogP contribution in [0.2, 0.25) is 0 Å². The van der Waals surface area contributed by atoms with E-state index in [1.165, 1.54) is 0 Å². The fourth-order valence-corrected chi connectivity index (χ4v) is 3.45. The number of likely N-dealkylation sites (N-methyl/N-ethyl adjacent to an activating group) is 1. The van der Waals surface area contributed by atoms with Crippen LogP contribution in [0.1, 0.15) is 29.9 Å². The summed E-state index contributed by atoms with van der Waals surface area (Å²) in [5, 5.41) is 14.8. The van der Waals surface area contributed by atoms with Gasteiger partial charge in [0.15, 0.2) is 0 Å². The van der Waals surface area contributed by atoms with E-state index >= 15 is 0 Å². The first-order valence-electron chi connectivity index (χ1n) is 8.77. The van der Waals surface area contributed by atoms with Gasteiger partial charge in [-0.2, -0.15) is 0 Å². The van der Waals surface area contributed by atoms with E-state index in [9.17, 15) is 9.90 Å². The zero-order valence-electron chi connectivity index (χ0n) is 15.5. The molecule has 1 aliphatic heterocycles. The summed E-state index contributed by atoms with van der Waals surface area (Å²) in [5.74, 6) is 1.50. The van der Waals surface area contributed by atoms with Gasteiger partial charge in [0, 0.05) is 44.5 Å². The highest BCUT2D eigenvalue weighted by atomic mass is 16.5. The van der Waals surface area contributed by atoms with Crippen molar-refractivity contribution in [2.24, 2.45) is 0 Å². The van der Waals surface area contributed by atoms with Gasteiger partial charge in [-0.3, -0.25) is 9.78 Å². The monoisotopic (exact) mass is 359 g/mol. The Bertz CT molecular complexity index is 744. The zero-order chi connectivity index (χ0) is 18.7. The fourth-order valence-electron chi connectivity index (χ4n) is 3.45. The SMILES string of the molecule is Cc1noc(C)c1CCC(=O)N(C)C[C@]1(O)CCN(c2cnccn2)C1. The molecule has 0 aromatic carbocycles. The van der Waals surface area contributed by atoms with Gasteiger partial charge < -0.3 is 19.4 Å². The fraction of sp³-hybridized carbons (Fsp3) is 0.556. The van der Waals surface area contributed by atoms with Crippen LogP contribution in [0, 0.1) is 13.8 Å². The minimum Gasteiger partial charge on any atom is -0.386 e. The third-order valence-corrected chi connectivity index (χ3v) is 4.93. The van der Waals surface area contributed by atoms with Gasteiger partial charge in [0.25, 0.3) is 0 Å². The molecule has 2 aromatic rings. The second-order valence-electron chi connectivity index (χ2n) is 7.01. The molecule has 140 valence electrons. The molecule has 1 atom stereocenters. The number of aryl methyl sites for hydroxylation is 2. The van der Waals surface area contributed by atoms with Crippen molar-refractivity contribution in [3.8, 4) is 0 Å². The average Bonchev–Trinajstić information content (AvgIpc) is 3.16. The molecule has 3 heterocycles. The summed E-state index contributed by atoms with van der Waals surface area (Å²) in [6, 6.07) is 0. The highest BCUT2D eigenvalue weighted by molar-refractivity contribution is 5.76. The quantitative estimate of drug-likeness (QED) is 0.825. The Hall–Kier alpha value is -2.48. The molecule has 0 aliphatic carbocycles. The van der Waals surface area contributed by atoms with Crippen LogP contribution >= 0.6 is 0 Å². The molecule has 8 heteroatoms. The molecule has 1 saturated heterocycles. The van der Waals surface area contributed by atoms with E-state index in [1.54, 1.807) is 30.5 Å². The number of aliphatic hydroxyl groups is 1. The molecule has 1 aliphatic rings. The van der Waals surface area contributed by atoms with E-state index < -0.39 is 5.60 Å². The number of aromatic nitrogens is 3. The molecule has 1 fully saturated rings. The lowest BCUT2D eigenvalue weighted by Gasteiger charge is -2.29. The molecule has 0 bridgehead atoms. The minimum absolute atomic E-state index is 0.00335. The predicted octanol–water partition coefficient (Wildman–Crippen LogP) is 1.11. The Morgan fingerprint density at radius 3 is 2.88 bits per heavy atom. The minimum atomic E-state index is -0.940. The number of carbonyl (C=O) groups is 1. The number of hydrogen-bond donors (Lipinski definition) is 1. The largest absolute Gasteiger partial charge is 0.386 e. The Morgan fingerprint density at radius 1 is 1.42 bits per heavy atom. The van der Waals surface area contributed by atoms with Crippen LogP contribution in [0.15, 0.2) is 23.1 Å². The maximum Gasteiger partial charge on any atom is 0.222 e. The molecule has 0 spiro atoms. The van der Waals surface area contributed by atoms with E-state index in [1.807, 2.05) is 18.7 Å². The second-order valence-corrected chi connectivity index (χ2v) is 7.01. The third-order valence-electron chi connectivity index (χ3n) is 4.93. The number of carbonyl (C=O) groups excluding carboxylic acids is 1. The van der Waals surface area contributed by atoms with Gasteiger partial charge >= 0.3 is 0 Å². The number of β-amino-alcohol motifs (C(OH)–C–C–N with tert-alkyl or cyclic N) is 1. The molecular weight excluding hydrogens is 334 g/mol. The van der Waals surface area contributed by atoms with Gasteiger partial charge in [0.1, 0.15) is 17.2 Å². The molecule has 1 amide bonds. The number of hydrogen-bond acceptors (Lipinski definition) is 7. The van der Waals surface area contributed by atoms with Crippen molar-refractivity contribution in [2.45, 2.75) is 38.7 Å². The summed E-state index contributed by atoms with van der Waals surface area (Å²) >= 11 is 0. The summed E-state index contributed by atoms with van der Waals surface area (Å²) in [4.78, 5) is 24.4. The second kappa shape index (κ2) is 7.41. The van der Waals surface area contributed by atoms with Gasteiger partial charge in [-0.1, -0.05) is 5.16 Å². The first-order chi connectivity index (χ1) is 12.4. The molecule has 1 N–H and O–H groups in total. The first-order valence-corrected chi connectivity index (χ1v) is 8.77. The lowest BCUT2D eigenvalue weighted by molar-refractivity contribution is -0.132. The van der Waals surface area contributed by atoms with Gasteiger partial charge in [0.2, 0.25) is 5.91 Å². The standard InChI is InChI=1S/C18H25N5O3/c1-13-15(14(2)26-21-13)4-5-17(24)22(3)11-18(25)6-9-23(12-18)16-10-19-7-8-20-16/h7-8,10,25H,4-6,9,11-12H2,1-3H3/t18-/m1/s1. The third kappa shape index (κ3) is 4.01. The summed E-state index contributed by atoms with van der Waals surface area (Å²) in [7, 11) is 1.73. The average molecular weight is 359 g/mol. The van der Waals surface area contributed by atoms with E-state index in [0.29, 0.717) is 38.9 Å². The zero-order valence-corrected chi connectivity index (χ0v) is 15.5. The van der Waals surface area contributed by atoms with Crippen molar-refractivity contribution in [3.05, 3.63) is 35.6 Å². The molecule has 8 nitrogen and oxygen atoms in total. The highest BCUT2D eigenvalue weighted by Crippen LogP contribution is 2.26. The van der Waals surface area contributed by atoms with Crippen LogP contribution in [-0.4, -0.2) is 63.3 Å². The van der Waals surface area contributed by atoms with E-state index in [4.69, 9.17) is 4.52 Å². The highest BCUT2D eigenvalue weighted by Gasteiger charge is 2.38. The summed E-state index contributed by atoms with van der Waals surface area (Å²) in [5.41, 5.74) is 0.873. The maximum absolute atomic E-state index is 12.5. The number of nitrogens with zero attached hydrogens (tertiary/aromatic N) is 5. The number of anilines is 1. The van der Waals surface area contributed by atoms with E-state index in [2.05, 4.69) is 15.1 Å². The van der Waals surface area contributed by atoms with Crippen molar-refractivity contribution < 1.29 is 14.4 Å². The summed E-state index contributed by atoms with van der Waals surface area (Å²) in [6.45, 7) is 5.15. The van der Waals surface area contributed by atoms with Crippen LogP contribution in [0.5, 0.6) is 0 Å². The Morgan fingerprint density at radius 2 is 2.23 bits per heavy atom. The molecule has 26 heavy (non-hydrogen) atoms. The predicted molar refractivity (Wildman–Crippen MR) is 95.7 cm³/mol. The lowest BCUT2D eigenvalue weighted by atomic mass is 10.0. The van der Waals surface area contributed by atoms with Crippen molar-refractivity contribution in [3.63, 3.8) is 0 Å². The normalized spacial score (nSPS) is 19.8. The van der Waals surface area contributed by atoms with Gasteiger partial charge in [0.05, 0.1) is 18.4 Å². The summed E-state index contributed by atoms with van der Waals surface area (Å²) in [6.07, 6.45) is 6.49. The van der Waals surface area contributed by atoms with Crippen molar-refractivity contribution in [1.82, 2.24) is 20.0 Å². The number of amides is 1. The van der Waals surface area contributed by atoms with Crippen LogP contribution in [0.3, 0.4) is 0 Å². The van der Waals surface area contributed by atoms with Crippen LogP contribution in [-0.2, 0) is 11.2 Å². The number of rotatable bonds is 6. The van der Waals surface area contributed by atoms with Crippen molar-refractivity contribution in [1.29, 1.82) is 0 Å². The van der Waals surface area contributed by atoms with Gasteiger partial charge in [-0.15, -0.1) is 0 Å². The lowest BCUT2D eigenvalue weighted by Crippen LogP contribution is -2.46. The molecule has 0 radical (unpaired) electrons.